The summed E-state index contributed by atoms with van der Waals surface area (Å²) in [6, 6.07) is 28.8. The monoisotopic (exact) mass is 544 g/mol. The molecule has 4 rings (SSSR count). The highest BCUT2D eigenvalue weighted by molar-refractivity contribution is 7.91. The second-order valence-electron chi connectivity index (χ2n) is 11.5. The quantitative estimate of drug-likeness (QED) is 0.223. The van der Waals surface area contributed by atoms with Crippen LogP contribution in [0.4, 0.5) is 0 Å². The van der Waals surface area contributed by atoms with Crippen molar-refractivity contribution in [2.45, 2.75) is 69.0 Å². The van der Waals surface area contributed by atoms with Gasteiger partial charge in [-0.3, -0.25) is 0 Å². The van der Waals surface area contributed by atoms with E-state index >= 15 is 0 Å². The number of hydrogen-bond donors (Lipinski definition) is 0. The molecule has 0 heterocycles. The topological polar surface area (TPSA) is 61.8 Å². The zero-order valence-corrected chi connectivity index (χ0v) is 24.2. The maximum atomic E-state index is 13.1. The highest BCUT2D eigenvalue weighted by Gasteiger charge is 2.20. The molecule has 4 aromatic carbocycles. The Morgan fingerprint density at radius 2 is 1.00 bits per heavy atom. The molecule has 0 aliphatic carbocycles. The number of rotatable bonds is 8. The first kappa shape index (κ1) is 28.2. The highest BCUT2D eigenvalue weighted by Crippen LogP contribution is 2.28. The van der Waals surface area contributed by atoms with Crippen LogP contribution in [0.1, 0.15) is 52.7 Å². The van der Waals surface area contributed by atoms with Crippen LogP contribution in [0.2, 0.25) is 0 Å². The van der Waals surface area contributed by atoms with E-state index < -0.39 is 9.84 Å². The third-order valence-electron chi connectivity index (χ3n) is 5.98. The van der Waals surface area contributed by atoms with E-state index in [1.54, 1.807) is 36.4 Å². The summed E-state index contributed by atoms with van der Waals surface area (Å²) in [5.74, 6) is 2.88. The summed E-state index contributed by atoms with van der Waals surface area (Å²) in [7, 11) is -3.59. The van der Waals surface area contributed by atoms with Gasteiger partial charge < -0.3 is 14.2 Å². The van der Waals surface area contributed by atoms with Crippen LogP contribution >= 0.6 is 0 Å². The minimum Gasteiger partial charge on any atom is -0.489 e. The van der Waals surface area contributed by atoms with Crippen LogP contribution in [0.3, 0.4) is 0 Å². The molecular formula is C33H36O5S. The Balaban J connectivity index is 1.33. The molecule has 204 valence electrons. The average Bonchev–Trinajstić information content (AvgIpc) is 2.88. The van der Waals surface area contributed by atoms with E-state index in [1.807, 2.05) is 81.4 Å². The molecule has 0 spiro atoms. The van der Waals surface area contributed by atoms with E-state index in [0.29, 0.717) is 23.9 Å². The van der Waals surface area contributed by atoms with Crippen LogP contribution in [0, 0.1) is 0 Å². The molecule has 0 aliphatic rings. The third-order valence-corrected chi connectivity index (χ3v) is 7.76. The number of benzene rings is 4. The summed E-state index contributed by atoms with van der Waals surface area (Å²) >= 11 is 0. The summed E-state index contributed by atoms with van der Waals surface area (Å²) in [4.78, 5) is 0.547. The fourth-order valence-corrected chi connectivity index (χ4v) is 5.13. The van der Waals surface area contributed by atoms with Gasteiger partial charge in [-0.2, -0.15) is 0 Å². The third kappa shape index (κ3) is 7.64. The van der Waals surface area contributed by atoms with E-state index in [-0.39, 0.29) is 20.8 Å². The first-order valence-electron chi connectivity index (χ1n) is 12.9. The first-order chi connectivity index (χ1) is 18.3. The maximum absolute atomic E-state index is 13.1. The van der Waals surface area contributed by atoms with E-state index in [4.69, 9.17) is 14.2 Å². The van der Waals surface area contributed by atoms with Crippen LogP contribution in [0.25, 0.3) is 0 Å². The predicted octanol–water partition coefficient (Wildman–Crippen LogP) is 8.37. The van der Waals surface area contributed by atoms with Crippen molar-refractivity contribution in [3.8, 4) is 23.0 Å². The maximum Gasteiger partial charge on any atom is 0.206 e. The molecule has 0 saturated carbocycles. The molecule has 39 heavy (non-hydrogen) atoms. The molecule has 0 aromatic heterocycles. The number of sulfone groups is 1. The van der Waals surface area contributed by atoms with Gasteiger partial charge in [0, 0.05) is 0 Å². The van der Waals surface area contributed by atoms with Crippen molar-refractivity contribution in [3.63, 3.8) is 0 Å². The van der Waals surface area contributed by atoms with Gasteiger partial charge in [-0.15, -0.1) is 0 Å². The molecule has 0 fully saturated rings. The Kier molecular flexibility index (Phi) is 8.07. The molecule has 4 aromatic rings. The van der Waals surface area contributed by atoms with Gasteiger partial charge in [0.05, 0.1) is 9.79 Å². The second-order valence-corrected chi connectivity index (χ2v) is 13.4. The van der Waals surface area contributed by atoms with Crippen LogP contribution in [0.5, 0.6) is 23.0 Å². The van der Waals surface area contributed by atoms with Crippen LogP contribution in [0.15, 0.2) is 107 Å². The van der Waals surface area contributed by atoms with E-state index in [9.17, 15) is 8.42 Å². The molecule has 0 atom stereocenters. The molecule has 5 nitrogen and oxygen atoms in total. The fraction of sp³-hybridized carbons (Fsp3) is 0.273. The van der Waals surface area contributed by atoms with Crippen molar-refractivity contribution in [1.29, 1.82) is 0 Å². The van der Waals surface area contributed by atoms with Crippen molar-refractivity contribution in [2.75, 3.05) is 0 Å². The van der Waals surface area contributed by atoms with Gasteiger partial charge in [-0.25, -0.2) is 8.42 Å². The van der Waals surface area contributed by atoms with Crippen molar-refractivity contribution in [2.24, 2.45) is 0 Å². The lowest BCUT2D eigenvalue weighted by atomic mass is 9.87. The van der Waals surface area contributed by atoms with Gasteiger partial charge in [0.2, 0.25) is 9.84 Å². The number of hydrogen-bond acceptors (Lipinski definition) is 5. The Morgan fingerprint density at radius 1 is 0.564 bits per heavy atom. The second kappa shape index (κ2) is 11.1. The van der Waals surface area contributed by atoms with E-state index in [1.165, 1.54) is 0 Å². The zero-order valence-electron chi connectivity index (χ0n) is 23.4. The first-order valence-corrected chi connectivity index (χ1v) is 14.4. The highest BCUT2D eigenvalue weighted by atomic mass is 32.2. The van der Waals surface area contributed by atoms with Crippen molar-refractivity contribution >= 4 is 9.84 Å². The van der Waals surface area contributed by atoms with Gasteiger partial charge in [-0.1, -0.05) is 45.0 Å². The molecule has 6 heteroatoms. The van der Waals surface area contributed by atoms with Crippen molar-refractivity contribution < 1.29 is 22.6 Å². The molecule has 0 radical (unpaired) electrons. The van der Waals surface area contributed by atoms with E-state index in [2.05, 4.69) is 20.8 Å². The minimum absolute atomic E-state index is 0.0364. The normalized spacial score (nSPS) is 12.2. The summed E-state index contributed by atoms with van der Waals surface area (Å²) in [6.45, 7) is 12.6. The summed E-state index contributed by atoms with van der Waals surface area (Å²) in [5.41, 5.74) is 1.67. The average molecular weight is 545 g/mol. The predicted molar refractivity (Wildman–Crippen MR) is 155 cm³/mol. The smallest absolute Gasteiger partial charge is 0.206 e. The molecule has 0 unspecified atom stereocenters. The van der Waals surface area contributed by atoms with Crippen LogP contribution in [-0.4, -0.2) is 14.0 Å². The van der Waals surface area contributed by atoms with Crippen molar-refractivity contribution in [3.05, 3.63) is 108 Å². The SMILES string of the molecule is CC(C)(C)Oc1ccc(Oc2ccc(OCc3ccc(S(=O)(=O)c4ccc(C(C)(C)C)cc4)cc3)cc2)cc1. The Bertz CT molecular complexity index is 1470. The molecule has 0 aliphatic heterocycles. The van der Waals surface area contributed by atoms with Gasteiger partial charge in [0.25, 0.3) is 0 Å². The summed E-state index contributed by atoms with van der Waals surface area (Å²) < 4.78 is 43.8. The molecular weight excluding hydrogens is 508 g/mol. The van der Waals surface area contributed by atoms with Gasteiger partial charge >= 0.3 is 0 Å². The van der Waals surface area contributed by atoms with Crippen molar-refractivity contribution in [1.82, 2.24) is 0 Å². The lowest BCUT2D eigenvalue weighted by molar-refractivity contribution is 0.131. The Labute approximate surface area is 232 Å². The lowest BCUT2D eigenvalue weighted by Crippen LogP contribution is -2.22. The minimum atomic E-state index is -3.59. The Morgan fingerprint density at radius 3 is 1.46 bits per heavy atom. The summed E-state index contributed by atoms with van der Waals surface area (Å²) in [6.07, 6.45) is 0. The molecule has 0 bridgehead atoms. The zero-order chi connectivity index (χ0) is 28.3. The summed E-state index contributed by atoms with van der Waals surface area (Å²) in [5, 5.41) is 0. The standard InChI is InChI=1S/C33H36O5S/c1-32(2,3)25-9-21-31(22-10-25)39(34,35)30-19-7-24(8-20-30)23-36-26-11-13-27(14-12-26)37-28-15-17-29(18-16-28)38-33(4,5)6/h7-22H,23H2,1-6H3. The van der Waals surface area contributed by atoms with Gasteiger partial charge in [0.15, 0.2) is 0 Å². The molecule has 0 amide bonds. The van der Waals surface area contributed by atoms with Gasteiger partial charge in [0.1, 0.15) is 35.2 Å². The fourth-order valence-electron chi connectivity index (χ4n) is 3.87. The largest absolute Gasteiger partial charge is 0.489 e. The van der Waals surface area contributed by atoms with Crippen LogP contribution < -0.4 is 14.2 Å². The molecule has 0 saturated heterocycles. The van der Waals surface area contributed by atoms with Crippen LogP contribution in [-0.2, 0) is 21.9 Å². The Hall–Kier alpha value is -3.77. The molecule has 0 N–H and O–H groups in total. The number of ether oxygens (including phenoxy) is 3. The van der Waals surface area contributed by atoms with E-state index in [0.717, 1.165) is 16.9 Å². The lowest BCUT2D eigenvalue weighted by Gasteiger charge is -2.21. The van der Waals surface area contributed by atoms with Gasteiger partial charge in [-0.05, 0) is 110 Å².